The molecular formula is C17H25NO2. The van der Waals surface area contributed by atoms with E-state index in [-0.39, 0.29) is 10.8 Å². The second-order valence-electron chi connectivity index (χ2n) is 7.61. The van der Waals surface area contributed by atoms with Gasteiger partial charge in [-0.25, -0.2) is 4.79 Å². The van der Waals surface area contributed by atoms with Gasteiger partial charge in [0.15, 0.2) is 0 Å². The fourth-order valence-electron chi connectivity index (χ4n) is 3.96. The van der Waals surface area contributed by atoms with E-state index in [1.807, 2.05) is 12.1 Å². The van der Waals surface area contributed by atoms with Crippen LogP contribution in [0.2, 0.25) is 0 Å². The van der Waals surface area contributed by atoms with E-state index in [0.29, 0.717) is 11.6 Å². The van der Waals surface area contributed by atoms with Crippen molar-refractivity contribution in [2.45, 2.75) is 53.0 Å². The summed E-state index contributed by atoms with van der Waals surface area (Å²) in [5.74, 6) is -0.873. The predicted molar refractivity (Wildman–Crippen MR) is 82.2 cm³/mol. The van der Waals surface area contributed by atoms with Gasteiger partial charge in [-0.15, -0.1) is 0 Å². The van der Waals surface area contributed by atoms with E-state index in [4.69, 9.17) is 0 Å². The molecule has 3 heteroatoms. The molecule has 1 aliphatic carbocycles. The lowest BCUT2D eigenvalue weighted by Gasteiger charge is -2.45. The van der Waals surface area contributed by atoms with Crippen molar-refractivity contribution in [3.05, 3.63) is 29.8 Å². The maximum atomic E-state index is 11.3. The largest absolute Gasteiger partial charge is 0.478 e. The molecular weight excluding hydrogens is 250 g/mol. The van der Waals surface area contributed by atoms with Gasteiger partial charge >= 0.3 is 5.97 Å². The van der Waals surface area contributed by atoms with Crippen molar-refractivity contribution in [1.82, 2.24) is 0 Å². The van der Waals surface area contributed by atoms with Gasteiger partial charge in [-0.3, -0.25) is 0 Å². The second kappa shape index (κ2) is 5.12. The Morgan fingerprint density at radius 1 is 1.15 bits per heavy atom. The first-order chi connectivity index (χ1) is 9.19. The minimum atomic E-state index is -0.873. The van der Waals surface area contributed by atoms with Crippen molar-refractivity contribution in [3.63, 3.8) is 0 Å². The summed E-state index contributed by atoms with van der Waals surface area (Å²) < 4.78 is 0. The molecule has 110 valence electrons. The standard InChI is InChI=1S/C17H25NO2/c1-16(2)9-12(10-17(3,4)11-16)18-14-8-6-5-7-13(14)15(19)20/h5-8,12,18H,9-11H2,1-4H3,(H,19,20). The quantitative estimate of drug-likeness (QED) is 0.859. The van der Waals surface area contributed by atoms with Crippen LogP contribution < -0.4 is 5.32 Å². The Kier molecular flexibility index (Phi) is 3.81. The Morgan fingerprint density at radius 3 is 2.25 bits per heavy atom. The van der Waals surface area contributed by atoms with Crippen LogP contribution in [0.3, 0.4) is 0 Å². The van der Waals surface area contributed by atoms with Crippen molar-refractivity contribution in [2.24, 2.45) is 10.8 Å². The number of anilines is 1. The van der Waals surface area contributed by atoms with Gasteiger partial charge in [-0.1, -0.05) is 39.8 Å². The highest BCUT2D eigenvalue weighted by Gasteiger charge is 2.38. The van der Waals surface area contributed by atoms with E-state index >= 15 is 0 Å². The van der Waals surface area contributed by atoms with Crippen LogP contribution in [0.5, 0.6) is 0 Å². The third-order valence-electron chi connectivity index (χ3n) is 4.07. The number of hydrogen-bond donors (Lipinski definition) is 2. The number of carboxylic acids is 1. The highest BCUT2D eigenvalue weighted by Crippen LogP contribution is 2.46. The molecule has 0 radical (unpaired) electrons. The van der Waals surface area contributed by atoms with E-state index in [1.165, 1.54) is 6.42 Å². The van der Waals surface area contributed by atoms with E-state index in [2.05, 4.69) is 33.0 Å². The monoisotopic (exact) mass is 275 g/mol. The summed E-state index contributed by atoms with van der Waals surface area (Å²) in [6.07, 6.45) is 3.35. The average molecular weight is 275 g/mol. The highest BCUT2D eigenvalue weighted by molar-refractivity contribution is 5.94. The molecule has 0 unspecified atom stereocenters. The number of aromatic carboxylic acids is 1. The molecule has 0 spiro atoms. The molecule has 20 heavy (non-hydrogen) atoms. The van der Waals surface area contributed by atoms with E-state index in [9.17, 15) is 9.90 Å². The molecule has 1 aromatic rings. The molecule has 1 aromatic carbocycles. The molecule has 0 heterocycles. The zero-order valence-electron chi connectivity index (χ0n) is 12.9. The first kappa shape index (κ1) is 14.9. The van der Waals surface area contributed by atoms with Crippen molar-refractivity contribution >= 4 is 11.7 Å². The molecule has 0 atom stereocenters. The molecule has 0 bridgehead atoms. The smallest absolute Gasteiger partial charge is 0.337 e. The van der Waals surface area contributed by atoms with Gasteiger partial charge in [0.1, 0.15) is 0 Å². The SMILES string of the molecule is CC1(C)CC(Nc2ccccc2C(=O)O)CC(C)(C)C1. The van der Waals surface area contributed by atoms with Crippen LogP contribution in [0.1, 0.15) is 57.3 Å². The molecule has 0 aliphatic heterocycles. The number of hydrogen-bond acceptors (Lipinski definition) is 2. The minimum Gasteiger partial charge on any atom is -0.478 e. The molecule has 0 saturated heterocycles. The first-order valence-electron chi connectivity index (χ1n) is 7.27. The number of nitrogens with one attached hydrogen (secondary N) is 1. The predicted octanol–water partition coefficient (Wildman–Crippen LogP) is 4.40. The Bertz CT molecular complexity index is 489. The number of carbonyl (C=O) groups is 1. The summed E-state index contributed by atoms with van der Waals surface area (Å²) >= 11 is 0. The molecule has 2 N–H and O–H groups in total. The third-order valence-corrected chi connectivity index (χ3v) is 4.07. The molecule has 3 nitrogen and oxygen atoms in total. The maximum Gasteiger partial charge on any atom is 0.337 e. The molecule has 1 fully saturated rings. The summed E-state index contributed by atoms with van der Waals surface area (Å²) in [6.45, 7) is 9.19. The van der Waals surface area contributed by atoms with Crippen LogP contribution in [0, 0.1) is 10.8 Å². The third kappa shape index (κ3) is 3.53. The lowest BCUT2D eigenvalue weighted by molar-refractivity contribution is 0.0697. The van der Waals surface area contributed by atoms with Gasteiger partial charge < -0.3 is 10.4 Å². The summed E-state index contributed by atoms with van der Waals surface area (Å²) in [5.41, 5.74) is 1.67. The number of benzene rings is 1. The van der Waals surface area contributed by atoms with Crippen LogP contribution in [-0.4, -0.2) is 17.1 Å². The van der Waals surface area contributed by atoms with E-state index in [0.717, 1.165) is 18.5 Å². The molecule has 0 aromatic heterocycles. The Labute approximate surface area is 121 Å². The number of carboxylic acid groups (broad SMARTS) is 1. The molecule has 1 aliphatic rings. The molecule has 1 saturated carbocycles. The van der Waals surface area contributed by atoms with Crippen molar-refractivity contribution in [3.8, 4) is 0 Å². The summed E-state index contributed by atoms with van der Waals surface area (Å²) in [5, 5.41) is 12.7. The van der Waals surface area contributed by atoms with Gasteiger partial charge in [-0.2, -0.15) is 0 Å². The number of rotatable bonds is 3. The lowest BCUT2D eigenvalue weighted by atomic mass is 9.63. The Balaban J connectivity index is 2.20. The number of para-hydroxylation sites is 1. The maximum absolute atomic E-state index is 11.3. The highest BCUT2D eigenvalue weighted by atomic mass is 16.4. The van der Waals surface area contributed by atoms with Crippen molar-refractivity contribution in [2.75, 3.05) is 5.32 Å². The van der Waals surface area contributed by atoms with Gasteiger partial charge in [0.2, 0.25) is 0 Å². The van der Waals surface area contributed by atoms with Crippen LogP contribution in [-0.2, 0) is 0 Å². The van der Waals surface area contributed by atoms with Gasteiger partial charge in [0.05, 0.1) is 5.56 Å². The summed E-state index contributed by atoms with van der Waals surface area (Å²) in [6, 6.07) is 7.49. The summed E-state index contributed by atoms with van der Waals surface area (Å²) in [7, 11) is 0. The van der Waals surface area contributed by atoms with Crippen molar-refractivity contribution < 1.29 is 9.90 Å². The Morgan fingerprint density at radius 2 is 1.70 bits per heavy atom. The molecule has 0 amide bonds. The topological polar surface area (TPSA) is 49.3 Å². The fraction of sp³-hybridized carbons (Fsp3) is 0.588. The lowest BCUT2D eigenvalue weighted by Crippen LogP contribution is -2.40. The Hall–Kier alpha value is -1.51. The fourth-order valence-corrected chi connectivity index (χ4v) is 3.96. The van der Waals surface area contributed by atoms with E-state index in [1.54, 1.807) is 12.1 Å². The van der Waals surface area contributed by atoms with Crippen LogP contribution in [0.15, 0.2) is 24.3 Å². The van der Waals surface area contributed by atoms with Gasteiger partial charge in [0.25, 0.3) is 0 Å². The van der Waals surface area contributed by atoms with Gasteiger partial charge in [0, 0.05) is 11.7 Å². The summed E-state index contributed by atoms with van der Waals surface area (Å²) in [4.78, 5) is 11.3. The minimum absolute atomic E-state index is 0.289. The normalized spacial score (nSPS) is 21.4. The van der Waals surface area contributed by atoms with Crippen LogP contribution in [0.25, 0.3) is 0 Å². The van der Waals surface area contributed by atoms with E-state index < -0.39 is 5.97 Å². The zero-order valence-corrected chi connectivity index (χ0v) is 12.9. The van der Waals surface area contributed by atoms with Crippen molar-refractivity contribution in [1.29, 1.82) is 0 Å². The second-order valence-corrected chi connectivity index (χ2v) is 7.61. The van der Waals surface area contributed by atoms with Gasteiger partial charge in [-0.05, 0) is 42.2 Å². The van der Waals surface area contributed by atoms with Crippen LogP contribution in [0.4, 0.5) is 5.69 Å². The zero-order chi connectivity index (χ0) is 15.0. The first-order valence-corrected chi connectivity index (χ1v) is 7.27. The van der Waals surface area contributed by atoms with Crippen LogP contribution >= 0.6 is 0 Å². The average Bonchev–Trinajstić information content (AvgIpc) is 2.24. The molecule has 2 rings (SSSR count).